The molecule has 0 radical (unpaired) electrons. The Morgan fingerprint density at radius 3 is 2.22 bits per heavy atom. The Kier molecular flexibility index (Phi) is 3.28. The molecule has 0 aliphatic heterocycles. The summed E-state index contributed by atoms with van der Waals surface area (Å²) in [5.74, 6) is -0.0672. The molecule has 1 aromatic rings. The van der Waals surface area contributed by atoms with Gasteiger partial charge in [0.05, 0.1) is 0 Å². The summed E-state index contributed by atoms with van der Waals surface area (Å²) in [4.78, 5) is 0. The van der Waals surface area contributed by atoms with Crippen molar-refractivity contribution in [3.63, 3.8) is 0 Å². The van der Waals surface area contributed by atoms with E-state index in [-0.39, 0.29) is 11.3 Å². The Morgan fingerprint density at radius 1 is 1.22 bits per heavy atom. The van der Waals surface area contributed by atoms with E-state index in [9.17, 15) is 5.11 Å². The second kappa shape index (κ2) is 4.72. The standard InChI is InChI=1S/C14H11ClN2O/c15-12-3-1-10(2-4-12)7-14(5-6-14)13(18)11(8-16)9-17/h1-4,18H,5-7H2. The molecule has 2 rings (SSSR count). The first kappa shape index (κ1) is 12.5. The molecule has 1 saturated carbocycles. The summed E-state index contributed by atoms with van der Waals surface area (Å²) in [7, 11) is 0. The molecule has 1 aromatic carbocycles. The van der Waals surface area contributed by atoms with Gasteiger partial charge < -0.3 is 5.11 Å². The molecule has 0 amide bonds. The molecule has 0 aromatic heterocycles. The van der Waals surface area contributed by atoms with E-state index in [2.05, 4.69) is 0 Å². The van der Waals surface area contributed by atoms with E-state index in [0.29, 0.717) is 11.4 Å². The van der Waals surface area contributed by atoms with Crippen molar-refractivity contribution in [3.05, 3.63) is 46.2 Å². The monoisotopic (exact) mass is 258 g/mol. The summed E-state index contributed by atoms with van der Waals surface area (Å²) in [6.07, 6.45) is 2.23. The zero-order valence-corrected chi connectivity index (χ0v) is 10.4. The lowest BCUT2D eigenvalue weighted by atomic mass is 9.92. The number of aliphatic hydroxyl groups is 1. The van der Waals surface area contributed by atoms with Crippen LogP contribution in [0.5, 0.6) is 0 Å². The number of nitrogens with zero attached hydrogens (tertiary/aromatic N) is 2. The van der Waals surface area contributed by atoms with Crippen molar-refractivity contribution in [1.29, 1.82) is 10.5 Å². The predicted molar refractivity (Wildman–Crippen MR) is 67.7 cm³/mol. The topological polar surface area (TPSA) is 67.8 Å². The van der Waals surface area contributed by atoms with Gasteiger partial charge in [0.2, 0.25) is 0 Å². The van der Waals surface area contributed by atoms with Gasteiger partial charge in [0.25, 0.3) is 0 Å². The lowest BCUT2D eigenvalue weighted by molar-refractivity contribution is 0.311. The maximum atomic E-state index is 10.0. The quantitative estimate of drug-likeness (QED) is 0.666. The first-order valence-electron chi connectivity index (χ1n) is 5.60. The minimum Gasteiger partial charge on any atom is -0.510 e. The number of hydrogen-bond acceptors (Lipinski definition) is 3. The van der Waals surface area contributed by atoms with E-state index >= 15 is 0 Å². The van der Waals surface area contributed by atoms with Crippen LogP contribution in [0, 0.1) is 28.1 Å². The number of benzene rings is 1. The van der Waals surface area contributed by atoms with Crippen LogP contribution >= 0.6 is 11.6 Å². The zero-order valence-electron chi connectivity index (χ0n) is 9.65. The summed E-state index contributed by atoms with van der Waals surface area (Å²) >= 11 is 5.81. The molecule has 18 heavy (non-hydrogen) atoms. The van der Waals surface area contributed by atoms with Gasteiger partial charge in [-0.3, -0.25) is 0 Å². The van der Waals surface area contributed by atoms with Crippen molar-refractivity contribution in [2.24, 2.45) is 5.41 Å². The maximum absolute atomic E-state index is 10.0. The Morgan fingerprint density at radius 2 is 1.78 bits per heavy atom. The van der Waals surface area contributed by atoms with Crippen molar-refractivity contribution in [2.75, 3.05) is 0 Å². The van der Waals surface area contributed by atoms with Crippen molar-refractivity contribution in [2.45, 2.75) is 19.3 Å². The lowest BCUT2D eigenvalue weighted by Crippen LogP contribution is -2.10. The van der Waals surface area contributed by atoms with Crippen LogP contribution in [0.25, 0.3) is 0 Å². The molecule has 4 heteroatoms. The van der Waals surface area contributed by atoms with Crippen LogP contribution < -0.4 is 0 Å². The van der Waals surface area contributed by atoms with Gasteiger partial charge in [-0.1, -0.05) is 23.7 Å². The van der Waals surface area contributed by atoms with Gasteiger partial charge >= 0.3 is 0 Å². The molecule has 0 unspecified atom stereocenters. The van der Waals surface area contributed by atoms with Gasteiger partial charge in [0.15, 0.2) is 5.57 Å². The largest absolute Gasteiger partial charge is 0.510 e. The zero-order chi connectivity index (χ0) is 13.2. The van der Waals surface area contributed by atoms with E-state index in [1.807, 2.05) is 12.1 Å². The summed E-state index contributed by atoms with van der Waals surface area (Å²) in [6.45, 7) is 0. The average molecular weight is 259 g/mol. The molecule has 0 atom stereocenters. The van der Waals surface area contributed by atoms with Crippen LogP contribution in [0.15, 0.2) is 35.6 Å². The fourth-order valence-corrected chi connectivity index (χ4v) is 2.16. The van der Waals surface area contributed by atoms with Crippen molar-refractivity contribution < 1.29 is 5.11 Å². The molecular weight excluding hydrogens is 248 g/mol. The summed E-state index contributed by atoms with van der Waals surface area (Å²) in [5, 5.41) is 28.3. The van der Waals surface area contributed by atoms with E-state index in [1.54, 1.807) is 24.3 Å². The van der Waals surface area contributed by atoms with Crippen molar-refractivity contribution >= 4 is 11.6 Å². The number of nitriles is 2. The number of halogens is 1. The molecule has 1 N–H and O–H groups in total. The molecule has 1 fully saturated rings. The normalized spacial score (nSPS) is 15.3. The van der Waals surface area contributed by atoms with Crippen molar-refractivity contribution in [1.82, 2.24) is 0 Å². The highest BCUT2D eigenvalue weighted by molar-refractivity contribution is 6.30. The Balaban J connectivity index is 2.25. The number of hydrogen-bond donors (Lipinski definition) is 1. The molecule has 1 aliphatic rings. The number of allylic oxidation sites excluding steroid dienone is 2. The second-order valence-electron chi connectivity index (χ2n) is 4.53. The molecule has 0 spiro atoms. The van der Waals surface area contributed by atoms with Crippen LogP contribution in [0.4, 0.5) is 0 Å². The Labute approximate surface area is 111 Å². The molecular formula is C14H11ClN2O. The highest BCUT2D eigenvalue weighted by atomic mass is 35.5. The fourth-order valence-electron chi connectivity index (χ4n) is 2.04. The van der Waals surface area contributed by atoms with Gasteiger partial charge in [0, 0.05) is 10.4 Å². The van der Waals surface area contributed by atoms with Gasteiger partial charge in [0.1, 0.15) is 17.9 Å². The first-order valence-corrected chi connectivity index (χ1v) is 5.97. The average Bonchev–Trinajstić information content (AvgIpc) is 3.15. The van der Waals surface area contributed by atoms with E-state index < -0.39 is 5.41 Å². The minimum absolute atomic E-state index is 0.0672. The van der Waals surface area contributed by atoms with E-state index in [1.165, 1.54) is 0 Å². The van der Waals surface area contributed by atoms with Gasteiger partial charge in [-0.25, -0.2) is 0 Å². The maximum Gasteiger partial charge on any atom is 0.167 e. The summed E-state index contributed by atoms with van der Waals surface area (Å²) < 4.78 is 0. The molecule has 90 valence electrons. The third-order valence-corrected chi connectivity index (χ3v) is 3.52. The SMILES string of the molecule is N#CC(C#N)=C(O)C1(Cc2ccc(Cl)cc2)CC1. The van der Waals surface area contributed by atoms with Gasteiger partial charge in [-0.2, -0.15) is 10.5 Å². The lowest BCUT2D eigenvalue weighted by Gasteiger charge is -2.14. The molecule has 0 saturated heterocycles. The van der Waals surface area contributed by atoms with Gasteiger partial charge in [-0.15, -0.1) is 0 Å². The summed E-state index contributed by atoms with van der Waals surface area (Å²) in [5.41, 5.74) is 0.439. The Hall–Kier alpha value is -1.97. The van der Waals surface area contributed by atoms with Crippen molar-refractivity contribution in [3.8, 4) is 12.1 Å². The molecule has 3 nitrogen and oxygen atoms in total. The second-order valence-corrected chi connectivity index (χ2v) is 4.97. The van der Waals surface area contributed by atoms with Crippen LogP contribution in [0.3, 0.4) is 0 Å². The molecule has 0 bridgehead atoms. The highest BCUT2D eigenvalue weighted by Crippen LogP contribution is 2.54. The van der Waals surface area contributed by atoms with E-state index in [4.69, 9.17) is 22.1 Å². The minimum atomic E-state index is -0.422. The first-order chi connectivity index (χ1) is 8.61. The molecule has 0 heterocycles. The number of aliphatic hydroxyl groups excluding tert-OH is 1. The van der Waals surface area contributed by atoms with Gasteiger partial charge in [-0.05, 0) is 37.0 Å². The van der Waals surface area contributed by atoms with Crippen LogP contribution in [-0.4, -0.2) is 5.11 Å². The van der Waals surface area contributed by atoms with E-state index in [0.717, 1.165) is 18.4 Å². The van der Waals surface area contributed by atoms with Crippen LogP contribution in [-0.2, 0) is 6.42 Å². The molecule has 1 aliphatic carbocycles. The fraction of sp³-hybridized carbons (Fsp3) is 0.286. The predicted octanol–water partition coefficient (Wildman–Crippen LogP) is 3.52. The third-order valence-electron chi connectivity index (χ3n) is 3.27. The summed E-state index contributed by atoms with van der Waals surface area (Å²) in [6, 6.07) is 10.9. The number of rotatable bonds is 3. The van der Waals surface area contributed by atoms with Crippen LogP contribution in [0.2, 0.25) is 5.02 Å². The smallest absolute Gasteiger partial charge is 0.167 e. The van der Waals surface area contributed by atoms with Crippen LogP contribution in [0.1, 0.15) is 18.4 Å². The Bertz CT molecular complexity index is 555. The third kappa shape index (κ3) is 2.32. The highest BCUT2D eigenvalue weighted by Gasteiger charge is 2.48.